The number of hydrogen-bond acceptors (Lipinski definition) is 7. The molecule has 5 unspecified atom stereocenters. The van der Waals surface area contributed by atoms with Crippen molar-refractivity contribution in [3.05, 3.63) is 0 Å². The van der Waals surface area contributed by atoms with Gasteiger partial charge in [0.05, 0.1) is 113 Å². The van der Waals surface area contributed by atoms with Gasteiger partial charge in [0.25, 0.3) is 0 Å². The molecule has 0 aliphatic rings. The zero-order valence-electron chi connectivity index (χ0n) is 42.1. The van der Waals surface area contributed by atoms with E-state index in [9.17, 15) is 0 Å². The first-order valence-corrected chi connectivity index (χ1v) is 28.4. The van der Waals surface area contributed by atoms with Gasteiger partial charge in [-0.25, -0.2) is 0 Å². The lowest BCUT2D eigenvalue weighted by Crippen LogP contribution is -2.56. The second-order valence-electron chi connectivity index (χ2n) is 15.6. The van der Waals surface area contributed by atoms with Crippen LogP contribution in [0.15, 0.2) is 0 Å². The van der Waals surface area contributed by atoms with Crippen molar-refractivity contribution in [1.29, 1.82) is 0 Å². The Labute approximate surface area is 441 Å². The number of quaternary nitrogens is 5. The lowest BCUT2D eigenvalue weighted by atomic mass is 10.3. The minimum absolute atomic E-state index is 0.785. The Morgan fingerprint density at radius 2 is 0.433 bits per heavy atom. The predicted octanol–water partition coefficient (Wildman–Crippen LogP) is 5.76. The van der Waals surface area contributed by atoms with E-state index in [1.54, 1.807) is 0 Å². The SMILES string of the molecule is CCC(I)[N+](C)(CC)CC.CCC(I)[N+](C)(CC)CC.CCC(I)[N+](C)(CC)CC.CCC(I)[N+](C)(CC)CC.CCC(I)[N+](C)(CC)CC.O=C([O-])C(=O)[O-].[O-]B([O-])[O-]. The summed E-state index contributed by atoms with van der Waals surface area (Å²) in [5.41, 5.74) is 0. The average Bonchev–Trinajstić information content (AvgIpc) is 3.26. The van der Waals surface area contributed by atoms with E-state index in [0.29, 0.717) is 0 Å². The molecule has 0 aromatic heterocycles. The molecule has 0 aliphatic heterocycles. The molecule has 60 heavy (non-hydrogen) atoms. The molecule has 18 heteroatoms. The average molecular weight is 1430 g/mol. The highest BCUT2D eigenvalue weighted by Crippen LogP contribution is 2.22. The summed E-state index contributed by atoms with van der Waals surface area (Å²) in [5.74, 6) is -4.37. The maximum Gasteiger partial charge on any atom is 0.139 e. The van der Waals surface area contributed by atoms with Gasteiger partial charge in [-0.05, 0) is 182 Å². The number of halogens is 5. The quantitative estimate of drug-likeness (QED) is 0.0376. The van der Waals surface area contributed by atoms with Crippen molar-refractivity contribution < 1.29 is 57.3 Å². The predicted molar refractivity (Wildman–Crippen MR) is 293 cm³/mol. The van der Waals surface area contributed by atoms with Crippen LogP contribution in [0.2, 0.25) is 0 Å². The largest absolute Gasteiger partial charge is 0.907 e. The highest BCUT2D eigenvalue weighted by atomic mass is 127. The standard InChI is InChI=1S/5C8H19IN.C2H2O4.BO3/c5*1-5-8(9)10(4,6-2)7-3;3-1(4)2(5)6;2-1(3)4/h5*8H,5-7H2,1-4H3;(H,3,4)(H,5,6);/q5*+1;;-3/p-2. The molecule has 0 aliphatic carbocycles. The van der Waals surface area contributed by atoms with Crippen LogP contribution in [0.1, 0.15) is 136 Å². The molecule has 0 radical (unpaired) electrons. The monoisotopic (exact) mass is 1430 g/mol. The molecule has 0 saturated carbocycles. The number of carboxylic acid groups (broad SMARTS) is 2. The van der Waals surface area contributed by atoms with E-state index in [4.69, 9.17) is 34.9 Å². The van der Waals surface area contributed by atoms with Crippen LogP contribution in [0, 0.1) is 0 Å². The van der Waals surface area contributed by atoms with Gasteiger partial charge >= 0.3 is 0 Å². The summed E-state index contributed by atoms with van der Waals surface area (Å²) in [6.45, 7) is 46.5. The van der Waals surface area contributed by atoms with Crippen molar-refractivity contribution >= 4 is 132 Å². The fourth-order valence-electron chi connectivity index (χ4n) is 5.30. The Hall–Kier alpha value is 2.33. The molecule has 0 heterocycles. The summed E-state index contributed by atoms with van der Waals surface area (Å²) in [6, 6.07) is 0. The number of hydrogen-bond donors (Lipinski definition) is 0. The number of rotatable bonds is 20. The maximum absolute atomic E-state index is 8.93. The molecule has 0 spiro atoms. The number of carboxylic acids is 2. The van der Waals surface area contributed by atoms with Gasteiger partial charge in [-0.15, -0.1) is 0 Å². The zero-order valence-corrected chi connectivity index (χ0v) is 52.8. The highest BCUT2D eigenvalue weighted by Gasteiger charge is 2.27. The lowest BCUT2D eigenvalue weighted by Gasteiger charge is -2.36. The van der Waals surface area contributed by atoms with Crippen LogP contribution in [0.4, 0.5) is 0 Å². The van der Waals surface area contributed by atoms with Gasteiger partial charge in [0, 0.05) is 32.1 Å². The molecule has 0 aromatic carbocycles. The van der Waals surface area contributed by atoms with Crippen molar-refractivity contribution in [2.45, 2.75) is 156 Å². The van der Waals surface area contributed by atoms with Gasteiger partial charge in [-0.1, -0.05) is 34.6 Å². The number of carbonyl (C=O) groups excluding carboxylic acids is 2. The van der Waals surface area contributed by atoms with Crippen LogP contribution in [-0.2, 0) is 9.59 Å². The first-order chi connectivity index (χ1) is 27.4. The summed E-state index contributed by atoms with van der Waals surface area (Å²) in [7, 11) is 8.75. The fraction of sp³-hybridized carbons (Fsp3) is 0.952. The second kappa shape index (κ2) is 43.9. The highest BCUT2D eigenvalue weighted by molar-refractivity contribution is 14.1. The second-order valence-corrected chi connectivity index (χ2v) is 22.8. The molecule has 5 atom stereocenters. The first kappa shape index (κ1) is 76.6. The van der Waals surface area contributed by atoms with E-state index < -0.39 is 19.3 Å². The molecular formula is C42H95BI5N5O7. The van der Waals surface area contributed by atoms with Crippen molar-refractivity contribution in [3.8, 4) is 0 Å². The van der Waals surface area contributed by atoms with Crippen molar-refractivity contribution in [3.63, 3.8) is 0 Å². The number of alkyl halides is 5. The lowest BCUT2D eigenvalue weighted by molar-refractivity contribution is -0.912. The third kappa shape index (κ3) is 36.5. The van der Waals surface area contributed by atoms with Gasteiger partial charge in [-0.2, -0.15) is 0 Å². The molecular weight excluding hydrogens is 1330 g/mol. The van der Waals surface area contributed by atoms with Gasteiger partial charge in [0.15, 0.2) is 0 Å². The minimum atomic E-state index is -2.92. The van der Waals surface area contributed by atoms with Crippen LogP contribution in [0.25, 0.3) is 0 Å². The maximum atomic E-state index is 8.93. The molecule has 0 aromatic rings. The Bertz CT molecular complexity index is 825. The van der Waals surface area contributed by atoms with E-state index in [2.05, 4.69) is 252 Å². The summed E-state index contributed by atoms with van der Waals surface area (Å²) in [5, 5.41) is 43.1. The number of nitrogens with zero attached hydrogens (tertiary/aromatic N) is 5. The number of aliphatic carboxylic acids is 2. The third-order valence-electron chi connectivity index (χ3n) is 12.5. The third-order valence-corrected chi connectivity index (χ3v) is 23.6. The summed E-state index contributed by atoms with van der Waals surface area (Å²) < 4.78 is 9.95. The van der Waals surface area contributed by atoms with Gasteiger partial charge in [0.2, 0.25) is 0 Å². The van der Waals surface area contributed by atoms with Crippen molar-refractivity contribution in [2.24, 2.45) is 0 Å². The van der Waals surface area contributed by atoms with Crippen LogP contribution in [0.3, 0.4) is 0 Å². The fourth-order valence-corrected chi connectivity index (χ4v) is 9.24. The molecule has 0 saturated heterocycles. The molecule has 12 nitrogen and oxygen atoms in total. The first-order valence-electron chi connectivity index (χ1n) is 22.2. The Morgan fingerprint density at radius 3 is 0.450 bits per heavy atom. The van der Waals surface area contributed by atoms with E-state index in [-0.39, 0.29) is 0 Å². The molecule has 0 N–H and O–H groups in total. The molecule has 0 rings (SSSR count). The van der Waals surface area contributed by atoms with Crippen LogP contribution >= 0.6 is 113 Å². The molecule has 368 valence electrons. The van der Waals surface area contributed by atoms with E-state index in [0.717, 1.165) is 20.2 Å². The summed E-state index contributed by atoms with van der Waals surface area (Å²) in [4.78, 5) is 17.9. The van der Waals surface area contributed by atoms with Gasteiger partial charge in [-0.3, -0.25) is 7.32 Å². The van der Waals surface area contributed by atoms with Crippen LogP contribution < -0.4 is 25.3 Å². The Morgan fingerprint density at radius 1 is 0.350 bits per heavy atom. The smallest absolute Gasteiger partial charge is 0.139 e. The minimum Gasteiger partial charge on any atom is -0.907 e. The topological polar surface area (TPSA) is 149 Å². The Balaban J connectivity index is -0.000000111. The summed E-state index contributed by atoms with van der Waals surface area (Å²) in [6.07, 6.45) is 6.38. The molecule has 0 bridgehead atoms. The van der Waals surface area contributed by atoms with Crippen molar-refractivity contribution in [2.75, 3.05) is 101 Å². The van der Waals surface area contributed by atoms with Crippen LogP contribution in [-0.4, -0.2) is 163 Å². The van der Waals surface area contributed by atoms with E-state index >= 15 is 0 Å². The van der Waals surface area contributed by atoms with Gasteiger partial charge in [0.1, 0.15) is 20.2 Å². The zero-order chi connectivity index (χ0) is 49.7. The van der Waals surface area contributed by atoms with Crippen molar-refractivity contribution in [1.82, 2.24) is 0 Å². The van der Waals surface area contributed by atoms with E-state index in [1.165, 1.54) is 120 Å². The number of carbonyl (C=O) groups is 2. The van der Waals surface area contributed by atoms with Gasteiger partial charge < -0.3 is 57.3 Å². The molecule has 0 fully saturated rings. The van der Waals surface area contributed by atoms with Crippen LogP contribution in [0.5, 0.6) is 0 Å². The Kier molecular flexibility index (Phi) is 56.0. The normalized spacial score (nSPS) is 13.9. The van der Waals surface area contributed by atoms with E-state index in [1.807, 2.05) is 0 Å². The molecule has 0 amide bonds. The summed E-state index contributed by atoms with van der Waals surface area (Å²) >= 11 is 12.8.